The molecule has 7 nitrogen and oxygen atoms in total. The SMILES string of the molecule is CN(C1CCNCC1)S(=O)(=O)c1c(Cl)cccc1[N+](=O)[O-]. The zero-order chi connectivity index (χ0) is 15.6. The summed E-state index contributed by atoms with van der Waals surface area (Å²) >= 11 is 5.92. The Balaban J connectivity index is 2.46. The summed E-state index contributed by atoms with van der Waals surface area (Å²) in [4.78, 5) is 9.91. The highest BCUT2D eigenvalue weighted by Crippen LogP contribution is 2.34. The van der Waals surface area contributed by atoms with Gasteiger partial charge in [0.1, 0.15) is 0 Å². The third-order valence-electron chi connectivity index (χ3n) is 3.60. The molecule has 0 atom stereocenters. The fourth-order valence-electron chi connectivity index (χ4n) is 2.41. The Labute approximate surface area is 128 Å². The van der Waals surface area contributed by atoms with Crippen LogP contribution in [-0.4, -0.2) is 43.8 Å². The fraction of sp³-hybridized carbons (Fsp3) is 0.500. The molecule has 1 aliphatic rings. The zero-order valence-corrected chi connectivity index (χ0v) is 13.0. The van der Waals surface area contributed by atoms with Gasteiger partial charge in [-0.15, -0.1) is 0 Å². The van der Waals surface area contributed by atoms with E-state index in [1.807, 2.05) is 0 Å². The summed E-state index contributed by atoms with van der Waals surface area (Å²) in [5.41, 5.74) is -0.497. The average Bonchev–Trinajstić information content (AvgIpc) is 2.46. The van der Waals surface area contributed by atoms with Crippen molar-refractivity contribution in [1.29, 1.82) is 0 Å². The third kappa shape index (κ3) is 3.18. The summed E-state index contributed by atoms with van der Waals surface area (Å²) < 4.78 is 26.6. The highest BCUT2D eigenvalue weighted by molar-refractivity contribution is 7.89. The normalized spacial score (nSPS) is 17.1. The Morgan fingerprint density at radius 1 is 1.38 bits per heavy atom. The van der Waals surface area contributed by atoms with E-state index in [1.165, 1.54) is 23.5 Å². The number of nitro benzene ring substituents is 1. The highest BCUT2D eigenvalue weighted by atomic mass is 35.5. The van der Waals surface area contributed by atoms with Crippen LogP contribution in [0.25, 0.3) is 0 Å². The molecule has 0 spiro atoms. The van der Waals surface area contributed by atoms with Gasteiger partial charge in [0, 0.05) is 19.2 Å². The van der Waals surface area contributed by atoms with Crippen LogP contribution >= 0.6 is 11.6 Å². The van der Waals surface area contributed by atoms with Crippen molar-refractivity contribution < 1.29 is 13.3 Å². The molecule has 1 N–H and O–H groups in total. The minimum absolute atomic E-state index is 0.134. The number of sulfonamides is 1. The van der Waals surface area contributed by atoms with Gasteiger partial charge in [-0.3, -0.25) is 10.1 Å². The van der Waals surface area contributed by atoms with E-state index in [2.05, 4.69) is 5.32 Å². The first-order valence-electron chi connectivity index (χ1n) is 6.47. The van der Waals surface area contributed by atoms with Crippen LogP contribution in [0, 0.1) is 10.1 Å². The van der Waals surface area contributed by atoms with Gasteiger partial charge in [0.25, 0.3) is 15.7 Å². The number of nitrogens with zero attached hydrogens (tertiary/aromatic N) is 2. The summed E-state index contributed by atoms with van der Waals surface area (Å²) in [6.07, 6.45) is 1.32. The number of nitrogens with one attached hydrogen (secondary N) is 1. The van der Waals surface area contributed by atoms with Gasteiger partial charge in [-0.25, -0.2) is 8.42 Å². The van der Waals surface area contributed by atoms with E-state index in [-0.39, 0.29) is 11.1 Å². The first-order chi connectivity index (χ1) is 9.85. The average molecular weight is 334 g/mol. The molecule has 1 fully saturated rings. The van der Waals surface area contributed by atoms with E-state index in [0.29, 0.717) is 12.8 Å². The van der Waals surface area contributed by atoms with E-state index in [1.54, 1.807) is 0 Å². The smallest absolute Gasteiger partial charge is 0.290 e. The molecule has 1 saturated heterocycles. The van der Waals surface area contributed by atoms with Crippen molar-refractivity contribution in [2.75, 3.05) is 20.1 Å². The monoisotopic (exact) mass is 333 g/mol. The lowest BCUT2D eigenvalue weighted by molar-refractivity contribution is -0.387. The lowest BCUT2D eigenvalue weighted by atomic mass is 10.1. The summed E-state index contributed by atoms with van der Waals surface area (Å²) in [7, 11) is -2.57. The standard InChI is InChI=1S/C12H16ClN3O4S/c1-15(9-5-7-14-8-6-9)21(19,20)12-10(13)3-2-4-11(12)16(17)18/h2-4,9,14H,5-8H2,1H3. The largest absolute Gasteiger partial charge is 0.317 e. The van der Waals surface area contributed by atoms with Gasteiger partial charge in [-0.1, -0.05) is 17.7 Å². The minimum Gasteiger partial charge on any atom is -0.317 e. The second kappa shape index (κ2) is 6.27. The Morgan fingerprint density at radius 3 is 2.57 bits per heavy atom. The molecule has 2 rings (SSSR count). The Hall–Kier alpha value is -1.22. The summed E-state index contributed by atoms with van der Waals surface area (Å²) in [6, 6.07) is 3.67. The number of rotatable bonds is 4. The van der Waals surface area contributed by atoms with Gasteiger partial charge in [-0.05, 0) is 32.0 Å². The summed E-state index contributed by atoms with van der Waals surface area (Å²) in [5.74, 6) is 0. The van der Waals surface area contributed by atoms with Crippen LogP contribution in [0.2, 0.25) is 5.02 Å². The highest BCUT2D eigenvalue weighted by Gasteiger charge is 2.35. The fourth-order valence-corrected chi connectivity index (χ4v) is 4.48. The molecule has 0 aliphatic carbocycles. The zero-order valence-electron chi connectivity index (χ0n) is 11.5. The lowest BCUT2D eigenvalue weighted by Gasteiger charge is -2.30. The van der Waals surface area contributed by atoms with Crippen molar-refractivity contribution in [3.8, 4) is 0 Å². The Kier molecular flexibility index (Phi) is 4.82. The molecule has 21 heavy (non-hydrogen) atoms. The van der Waals surface area contributed by atoms with Crippen molar-refractivity contribution in [2.24, 2.45) is 0 Å². The van der Waals surface area contributed by atoms with Crippen molar-refractivity contribution in [3.63, 3.8) is 0 Å². The van der Waals surface area contributed by atoms with Gasteiger partial charge in [-0.2, -0.15) is 4.31 Å². The van der Waals surface area contributed by atoms with Gasteiger partial charge < -0.3 is 5.32 Å². The van der Waals surface area contributed by atoms with E-state index >= 15 is 0 Å². The molecule has 0 unspecified atom stereocenters. The van der Waals surface area contributed by atoms with Crippen LogP contribution in [-0.2, 0) is 10.0 Å². The first kappa shape index (κ1) is 16.2. The number of hydrogen-bond donors (Lipinski definition) is 1. The summed E-state index contributed by atoms with van der Waals surface area (Å²) in [6.45, 7) is 1.43. The molecule has 0 saturated carbocycles. The number of benzene rings is 1. The van der Waals surface area contributed by atoms with Gasteiger partial charge >= 0.3 is 0 Å². The molecule has 0 aromatic heterocycles. The quantitative estimate of drug-likeness (QED) is 0.667. The van der Waals surface area contributed by atoms with Gasteiger partial charge in [0.15, 0.2) is 4.90 Å². The van der Waals surface area contributed by atoms with Crippen molar-refractivity contribution in [1.82, 2.24) is 9.62 Å². The molecule has 1 aliphatic heterocycles. The maximum atomic E-state index is 12.7. The van der Waals surface area contributed by atoms with Crippen molar-refractivity contribution in [3.05, 3.63) is 33.3 Å². The molecule has 1 aromatic carbocycles. The van der Waals surface area contributed by atoms with Crippen LogP contribution in [0.4, 0.5) is 5.69 Å². The predicted molar refractivity (Wildman–Crippen MR) is 78.9 cm³/mol. The molecule has 1 aromatic rings. The van der Waals surface area contributed by atoms with Crippen LogP contribution in [0.1, 0.15) is 12.8 Å². The molecule has 9 heteroatoms. The minimum atomic E-state index is -4.01. The molecular weight excluding hydrogens is 318 g/mol. The molecule has 0 bridgehead atoms. The topological polar surface area (TPSA) is 92.6 Å². The van der Waals surface area contributed by atoms with Crippen LogP contribution in [0.15, 0.2) is 23.1 Å². The molecule has 116 valence electrons. The van der Waals surface area contributed by atoms with Crippen molar-refractivity contribution in [2.45, 2.75) is 23.8 Å². The molecule has 0 amide bonds. The van der Waals surface area contributed by atoms with Crippen LogP contribution < -0.4 is 5.32 Å². The van der Waals surface area contributed by atoms with E-state index in [4.69, 9.17) is 11.6 Å². The van der Waals surface area contributed by atoms with E-state index < -0.39 is 25.5 Å². The first-order valence-corrected chi connectivity index (χ1v) is 8.29. The third-order valence-corrected chi connectivity index (χ3v) is 6.03. The Morgan fingerprint density at radius 2 is 2.00 bits per heavy atom. The van der Waals surface area contributed by atoms with E-state index in [0.717, 1.165) is 19.2 Å². The van der Waals surface area contributed by atoms with E-state index in [9.17, 15) is 18.5 Å². The number of piperidine rings is 1. The maximum Gasteiger partial charge on any atom is 0.290 e. The molecular formula is C12H16ClN3O4S. The predicted octanol–water partition coefficient (Wildman–Crippen LogP) is 1.62. The number of halogens is 1. The second-order valence-electron chi connectivity index (χ2n) is 4.85. The van der Waals surface area contributed by atoms with Crippen LogP contribution in [0.5, 0.6) is 0 Å². The van der Waals surface area contributed by atoms with Gasteiger partial charge in [0.2, 0.25) is 0 Å². The Bertz CT molecular complexity index is 644. The van der Waals surface area contributed by atoms with Crippen molar-refractivity contribution >= 4 is 27.3 Å². The van der Waals surface area contributed by atoms with Gasteiger partial charge in [0.05, 0.1) is 9.95 Å². The second-order valence-corrected chi connectivity index (χ2v) is 7.19. The maximum absolute atomic E-state index is 12.7. The number of hydrogen-bond acceptors (Lipinski definition) is 5. The lowest BCUT2D eigenvalue weighted by Crippen LogP contribution is -2.44. The summed E-state index contributed by atoms with van der Waals surface area (Å²) in [5, 5.41) is 14.1. The molecule has 0 radical (unpaired) electrons. The number of nitro groups is 1. The van der Waals surface area contributed by atoms with Crippen LogP contribution in [0.3, 0.4) is 0 Å². The molecule has 1 heterocycles.